The zero-order valence-electron chi connectivity index (χ0n) is 11.3. The highest BCUT2D eigenvalue weighted by atomic mass is 32.2. The van der Waals surface area contributed by atoms with Gasteiger partial charge in [-0.15, -0.1) is 11.8 Å². The van der Waals surface area contributed by atoms with Gasteiger partial charge in [0, 0.05) is 22.7 Å². The Kier molecular flexibility index (Phi) is 4.01. The quantitative estimate of drug-likeness (QED) is 0.762. The molecule has 1 aromatic carbocycles. The van der Waals surface area contributed by atoms with E-state index in [1.807, 2.05) is 30.0 Å². The number of β-amino-alcohol motifs (C(OH)–C–C–N with tert-alkyl or cyclic N) is 1. The number of aliphatic hydroxyl groups is 1. The first-order valence-electron chi connectivity index (χ1n) is 7.10. The minimum absolute atomic E-state index is 0.0153. The maximum atomic E-state index is 12.0. The summed E-state index contributed by atoms with van der Waals surface area (Å²) in [4.78, 5) is 13.3. The van der Waals surface area contributed by atoms with Crippen LogP contribution in [0.3, 0.4) is 0 Å². The van der Waals surface area contributed by atoms with E-state index in [9.17, 15) is 9.90 Å². The van der Waals surface area contributed by atoms with Gasteiger partial charge in [0.05, 0.1) is 12.1 Å². The Morgan fingerprint density at radius 2 is 2.15 bits per heavy atom. The Morgan fingerprint density at radius 1 is 1.40 bits per heavy atom. The van der Waals surface area contributed by atoms with Gasteiger partial charge < -0.3 is 15.7 Å². The molecule has 3 N–H and O–H groups in total. The van der Waals surface area contributed by atoms with Gasteiger partial charge in [-0.3, -0.25) is 4.79 Å². The van der Waals surface area contributed by atoms with E-state index < -0.39 is 0 Å². The fraction of sp³-hybridized carbons (Fsp3) is 0.533. The molecule has 1 saturated carbocycles. The molecule has 5 heteroatoms. The molecule has 0 radical (unpaired) electrons. The van der Waals surface area contributed by atoms with Crippen molar-refractivity contribution in [3.63, 3.8) is 0 Å². The van der Waals surface area contributed by atoms with Gasteiger partial charge in [-0.25, -0.2) is 0 Å². The topological polar surface area (TPSA) is 61.4 Å². The Bertz CT molecular complexity index is 476. The monoisotopic (exact) mass is 292 g/mol. The average molecular weight is 292 g/mol. The minimum atomic E-state index is -0.390. The first-order valence-corrected chi connectivity index (χ1v) is 7.92. The van der Waals surface area contributed by atoms with Crippen LogP contribution >= 0.6 is 11.8 Å². The second-order valence-electron chi connectivity index (χ2n) is 5.67. The van der Waals surface area contributed by atoms with Crippen LogP contribution in [0.25, 0.3) is 0 Å². The average Bonchev–Trinajstić information content (AvgIpc) is 3.08. The fourth-order valence-electron chi connectivity index (χ4n) is 2.48. The summed E-state index contributed by atoms with van der Waals surface area (Å²) in [6, 6.07) is 10.1. The highest BCUT2D eigenvalue weighted by molar-refractivity contribution is 8.01. The standard InChI is InChI=1S/C15H20N2O2S/c18-11-8-13(16-9-11)14(19)17-10-15(6-7-15)20-12-4-2-1-3-5-12/h1-5,11,13,16,18H,6-10H2,(H,17,19). The van der Waals surface area contributed by atoms with E-state index in [2.05, 4.69) is 22.8 Å². The van der Waals surface area contributed by atoms with E-state index in [0.29, 0.717) is 19.5 Å². The molecule has 1 amide bonds. The number of thioether (sulfide) groups is 1. The van der Waals surface area contributed by atoms with Gasteiger partial charge in [0.25, 0.3) is 0 Å². The van der Waals surface area contributed by atoms with Crippen LogP contribution in [0, 0.1) is 0 Å². The van der Waals surface area contributed by atoms with Crippen molar-refractivity contribution in [2.45, 2.75) is 41.1 Å². The molecule has 1 saturated heterocycles. The largest absolute Gasteiger partial charge is 0.392 e. The van der Waals surface area contributed by atoms with Gasteiger partial charge in [-0.1, -0.05) is 18.2 Å². The Labute approximate surface area is 123 Å². The third-order valence-electron chi connectivity index (χ3n) is 3.89. The summed E-state index contributed by atoms with van der Waals surface area (Å²) in [5.41, 5.74) is 0. The normalized spacial score (nSPS) is 27.2. The molecular formula is C15H20N2O2S. The second kappa shape index (κ2) is 5.76. The molecule has 2 unspecified atom stereocenters. The number of aliphatic hydroxyl groups excluding tert-OH is 1. The maximum absolute atomic E-state index is 12.0. The lowest BCUT2D eigenvalue weighted by Crippen LogP contribution is -2.43. The van der Waals surface area contributed by atoms with Gasteiger partial charge in [0.15, 0.2) is 0 Å². The van der Waals surface area contributed by atoms with Crippen molar-refractivity contribution in [2.24, 2.45) is 0 Å². The molecule has 2 atom stereocenters. The van der Waals surface area contributed by atoms with Crippen molar-refractivity contribution in [3.05, 3.63) is 30.3 Å². The van der Waals surface area contributed by atoms with E-state index >= 15 is 0 Å². The molecule has 3 rings (SSSR count). The SMILES string of the molecule is O=C(NCC1(Sc2ccccc2)CC1)C1CC(O)CN1. The van der Waals surface area contributed by atoms with E-state index in [0.717, 1.165) is 12.8 Å². The fourth-order valence-corrected chi connectivity index (χ4v) is 3.72. The van der Waals surface area contributed by atoms with E-state index in [1.54, 1.807) is 0 Å². The smallest absolute Gasteiger partial charge is 0.237 e. The lowest BCUT2D eigenvalue weighted by atomic mass is 10.2. The number of hydrogen-bond acceptors (Lipinski definition) is 4. The summed E-state index contributed by atoms with van der Waals surface area (Å²) >= 11 is 1.86. The van der Waals surface area contributed by atoms with Crippen LogP contribution in [0.5, 0.6) is 0 Å². The molecular weight excluding hydrogens is 272 g/mol. The Morgan fingerprint density at radius 3 is 2.75 bits per heavy atom. The van der Waals surface area contributed by atoms with Crippen molar-refractivity contribution in [2.75, 3.05) is 13.1 Å². The molecule has 1 heterocycles. The van der Waals surface area contributed by atoms with Crippen molar-refractivity contribution < 1.29 is 9.90 Å². The third-order valence-corrected chi connectivity index (χ3v) is 5.39. The number of carbonyl (C=O) groups is 1. The number of carbonyl (C=O) groups excluding carboxylic acids is 1. The molecule has 108 valence electrons. The summed E-state index contributed by atoms with van der Waals surface area (Å²) in [6.07, 6.45) is 2.42. The molecule has 0 aromatic heterocycles. The van der Waals surface area contributed by atoms with Crippen LogP contribution in [0.1, 0.15) is 19.3 Å². The summed E-state index contributed by atoms with van der Waals surface area (Å²) in [6.45, 7) is 1.22. The Hall–Kier alpha value is -1.04. The van der Waals surface area contributed by atoms with Gasteiger partial charge in [0.1, 0.15) is 0 Å². The van der Waals surface area contributed by atoms with Crippen molar-refractivity contribution >= 4 is 17.7 Å². The van der Waals surface area contributed by atoms with Crippen molar-refractivity contribution in [3.8, 4) is 0 Å². The summed E-state index contributed by atoms with van der Waals surface area (Å²) in [5.74, 6) is 0.0153. The van der Waals surface area contributed by atoms with Crippen LogP contribution in [0.4, 0.5) is 0 Å². The molecule has 1 aromatic rings. The van der Waals surface area contributed by atoms with Crippen molar-refractivity contribution in [1.82, 2.24) is 10.6 Å². The molecule has 2 aliphatic rings. The summed E-state index contributed by atoms with van der Waals surface area (Å²) in [5, 5.41) is 15.5. The molecule has 1 aliphatic carbocycles. The number of rotatable bonds is 5. The van der Waals surface area contributed by atoms with Crippen LogP contribution in [-0.4, -0.2) is 41.0 Å². The summed E-state index contributed by atoms with van der Waals surface area (Å²) < 4.78 is 0.175. The first kappa shape index (κ1) is 13.9. The molecule has 4 nitrogen and oxygen atoms in total. The molecule has 2 fully saturated rings. The van der Waals surface area contributed by atoms with Crippen LogP contribution in [0.2, 0.25) is 0 Å². The lowest BCUT2D eigenvalue weighted by Gasteiger charge is -2.17. The van der Waals surface area contributed by atoms with E-state index in [-0.39, 0.29) is 22.8 Å². The van der Waals surface area contributed by atoms with E-state index in [1.165, 1.54) is 4.90 Å². The van der Waals surface area contributed by atoms with Gasteiger partial charge >= 0.3 is 0 Å². The van der Waals surface area contributed by atoms with Crippen LogP contribution in [0.15, 0.2) is 35.2 Å². The number of hydrogen-bond donors (Lipinski definition) is 3. The van der Waals surface area contributed by atoms with E-state index in [4.69, 9.17) is 0 Å². The highest BCUT2D eigenvalue weighted by Crippen LogP contribution is 2.51. The molecule has 20 heavy (non-hydrogen) atoms. The maximum Gasteiger partial charge on any atom is 0.237 e. The number of nitrogens with one attached hydrogen (secondary N) is 2. The van der Waals surface area contributed by atoms with Crippen molar-refractivity contribution in [1.29, 1.82) is 0 Å². The van der Waals surface area contributed by atoms with Crippen LogP contribution < -0.4 is 10.6 Å². The first-order chi connectivity index (χ1) is 9.67. The highest BCUT2D eigenvalue weighted by Gasteiger charge is 2.44. The second-order valence-corrected chi connectivity index (χ2v) is 7.21. The van der Waals surface area contributed by atoms with Gasteiger partial charge in [0.2, 0.25) is 5.91 Å². The molecule has 1 aliphatic heterocycles. The van der Waals surface area contributed by atoms with Crippen LogP contribution in [-0.2, 0) is 4.79 Å². The van der Waals surface area contributed by atoms with Gasteiger partial charge in [-0.05, 0) is 31.4 Å². The third kappa shape index (κ3) is 3.34. The number of benzene rings is 1. The lowest BCUT2D eigenvalue weighted by molar-refractivity contribution is -0.122. The predicted octanol–water partition coefficient (Wildman–Crippen LogP) is 1.15. The zero-order chi connectivity index (χ0) is 14.0. The predicted molar refractivity (Wildman–Crippen MR) is 79.7 cm³/mol. The van der Waals surface area contributed by atoms with Gasteiger partial charge in [-0.2, -0.15) is 0 Å². The minimum Gasteiger partial charge on any atom is -0.392 e. The number of amides is 1. The Balaban J connectivity index is 1.49. The molecule has 0 bridgehead atoms. The zero-order valence-corrected chi connectivity index (χ0v) is 12.2. The summed E-state index contributed by atoms with van der Waals surface area (Å²) in [7, 11) is 0. The molecule has 0 spiro atoms.